The molecule has 2 amide bonds. The molecular weight excluding hydrogens is 410 g/mol. The van der Waals surface area contributed by atoms with Crippen molar-refractivity contribution in [1.82, 2.24) is 10.7 Å². The largest absolute Gasteiger partial charge is 0.455 e. The Labute approximate surface area is 185 Å². The van der Waals surface area contributed by atoms with Gasteiger partial charge in [-0.25, -0.2) is 5.43 Å². The Morgan fingerprint density at radius 3 is 2.77 bits per heavy atom. The van der Waals surface area contributed by atoms with E-state index in [0.717, 1.165) is 53.8 Å². The molecule has 160 valence electrons. The van der Waals surface area contributed by atoms with Crippen LogP contribution in [0.2, 0.25) is 0 Å². The maximum atomic E-state index is 12.7. The van der Waals surface area contributed by atoms with Crippen LogP contribution in [-0.4, -0.2) is 24.1 Å². The highest BCUT2D eigenvalue weighted by atomic mass is 32.1. The predicted octanol–water partition coefficient (Wildman–Crippen LogP) is 4.40. The summed E-state index contributed by atoms with van der Waals surface area (Å²) in [7, 11) is 0. The Morgan fingerprint density at radius 1 is 1.13 bits per heavy atom. The number of carbonyl (C=O) groups excluding carboxylic acids is 2. The summed E-state index contributed by atoms with van der Waals surface area (Å²) < 4.78 is 5.92. The normalized spacial score (nSPS) is 14.3. The molecule has 0 fully saturated rings. The van der Waals surface area contributed by atoms with Gasteiger partial charge >= 0.3 is 0 Å². The number of aryl methyl sites for hydroxylation is 2. The monoisotopic (exact) mass is 435 g/mol. The van der Waals surface area contributed by atoms with Gasteiger partial charge in [0.2, 0.25) is 0 Å². The highest BCUT2D eigenvalue weighted by molar-refractivity contribution is 7.09. The number of carbonyl (C=O) groups is 2. The van der Waals surface area contributed by atoms with Gasteiger partial charge in [-0.15, -0.1) is 11.3 Å². The zero-order chi connectivity index (χ0) is 21.8. The van der Waals surface area contributed by atoms with E-state index in [2.05, 4.69) is 21.9 Å². The number of thiophene rings is 1. The van der Waals surface area contributed by atoms with Crippen molar-refractivity contribution in [3.8, 4) is 0 Å². The van der Waals surface area contributed by atoms with Crippen LogP contribution >= 0.6 is 11.3 Å². The van der Waals surface area contributed by atoms with Crippen molar-refractivity contribution in [2.45, 2.75) is 39.5 Å². The zero-order valence-corrected chi connectivity index (χ0v) is 18.5. The Balaban J connectivity index is 1.47. The number of benzene rings is 1. The van der Waals surface area contributed by atoms with Crippen LogP contribution in [0.1, 0.15) is 61.1 Å². The molecule has 7 heteroatoms. The minimum absolute atomic E-state index is 0.216. The van der Waals surface area contributed by atoms with Gasteiger partial charge in [-0.05, 0) is 56.7 Å². The summed E-state index contributed by atoms with van der Waals surface area (Å²) in [5.74, 6) is 0.620. The molecule has 0 aliphatic heterocycles. The van der Waals surface area contributed by atoms with Crippen LogP contribution in [0.3, 0.4) is 0 Å². The lowest BCUT2D eigenvalue weighted by Gasteiger charge is -2.13. The van der Waals surface area contributed by atoms with Gasteiger partial charge in [-0.3, -0.25) is 9.59 Å². The first kappa shape index (κ1) is 21.1. The van der Waals surface area contributed by atoms with E-state index < -0.39 is 0 Å². The number of hydrogen-bond acceptors (Lipinski definition) is 5. The lowest BCUT2D eigenvalue weighted by Crippen LogP contribution is -2.26. The zero-order valence-electron chi connectivity index (χ0n) is 17.7. The Hall–Kier alpha value is -3.19. The number of amides is 2. The second kappa shape index (κ2) is 9.31. The summed E-state index contributed by atoms with van der Waals surface area (Å²) in [5, 5.41) is 9.36. The van der Waals surface area contributed by atoms with Crippen molar-refractivity contribution in [2.75, 3.05) is 6.54 Å². The van der Waals surface area contributed by atoms with Crippen LogP contribution in [-0.2, 0) is 12.8 Å². The fraction of sp³-hybridized carbons (Fsp3) is 0.292. The van der Waals surface area contributed by atoms with Crippen molar-refractivity contribution in [3.63, 3.8) is 0 Å². The van der Waals surface area contributed by atoms with Gasteiger partial charge in [0.1, 0.15) is 5.76 Å². The van der Waals surface area contributed by atoms with Gasteiger partial charge in [0, 0.05) is 34.5 Å². The lowest BCUT2D eigenvalue weighted by atomic mass is 9.93. The minimum atomic E-state index is -0.254. The van der Waals surface area contributed by atoms with E-state index in [1.165, 1.54) is 4.88 Å². The molecule has 0 atom stereocenters. The predicted molar refractivity (Wildman–Crippen MR) is 122 cm³/mol. The summed E-state index contributed by atoms with van der Waals surface area (Å²) in [6, 6.07) is 11.4. The van der Waals surface area contributed by atoms with Crippen LogP contribution < -0.4 is 10.7 Å². The molecule has 0 saturated carbocycles. The Kier molecular flexibility index (Phi) is 6.32. The molecule has 6 nitrogen and oxygen atoms in total. The molecule has 4 rings (SSSR count). The topological polar surface area (TPSA) is 83.7 Å². The van der Waals surface area contributed by atoms with E-state index >= 15 is 0 Å². The second-order valence-corrected chi connectivity index (χ2v) is 8.69. The molecule has 2 heterocycles. The third-order valence-corrected chi connectivity index (χ3v) is 6.28. The summed E-state index contributed by atoms with van der Waals surface area (Å²) >= 11 is 1.68. The molecule has 1 aromatic carbocycles. The summed E-state index contributed by atoms with van der Waals surface area (Å²) in [4.78, 5) is 26.4. The molecule has 0 saturated heterocycles. The molecule has 2 aromatic heterocycles. The van der Waals surface area contributed by atoms with Crippen LogP contribution in [0.5, 0.6) is 0 Å². The fourth-order valence-electron chi connectivity index (χ4n) is 3.80. The average molecular weight is 436 g/mol. The minimum Gasteiger partial charge on any atom is -0.455 e. The number of nitrogens with one attached hydrogen (secondary N) is 2. The lowest BCUT2D eigenvalue weighted by molar-refractivity contribution is 0.0922. The van der Waals surface area contributed by atoms with E-state index in [9.17, 15) is 9.59 Å². The van der Waals surface area contributed by atoms with Gasteiger partial charge in [-0.1, -0.05) is 23.8 Å². The molecule has 0 spiro atoms. The Bertz CT molecular complexity index is 1130. The van der Waals surface area contributed by atoms with Gasteiger partial charge in [-0.2, -0.15) is 5.10 Å². The molecule has 1 aliphatic carbocycles. The van der Waals surface area contributed by atoms with Gasteiger partial charge < -0.3 is 9.73 Å². The van der Waals surface area contributed by atoms with E-state index in [4.69, 9.17) is 4.42 Å². The van der Waals surface area contributed by atoms with Crippen molar-refractivity contribution >= 4 is 28.9 Å². The highest BCUT2D eigenvalue weighted by Crippen LogP contribution is 2.29. The fourth-order valence-corrected chi connectivity index (χ4v) is 4.51. The summed E-state index contributed by atoms with van der Waals surface area (Å²) in [5.41, 5.74) is 6.61. The first-order valence-corrected chi connectivity index (χ1v) is 11.3. The quantitative estimate of drug-likeness (QED) is 0.563. The van der Waals surface area contributed by atoms with E-state index in [1.807, 2.05) is 43.5 Å². The third kappa shape index (κ3) is 4.77. The summed E-state index contributed by atoms with van der Waals surface area (Å²) in [6.07, 6.45) is 3.13. The number of nitrogens with zero attached hydrogens (tertiary/aromatic N) is 1. The molecule has 0 unspecified atom stereocenters. The number of fused-ring (bicyclic) bond motifs is 1. The number of rotatable bonds is 6. The smallest absolute Gasteiger partial charge is 0.287 e. The molecule has 2 N–H and O–H groups in total. The second-order valence-electron chi connectivity index (χ2n) is 7.66. The standard InChI is InChI=1S/C24H25N3O3S/c1-15-6-3-7-17(14-15)23(28)27-26-19-9-4-10-20-21(19)16(2)22(30-20)24(29)25-12-11-18-8-5-13-31-18/h3,5-8,13-14H,4,9-12H2,1-2H3,(H,25,29)(H,27,28)/b26-19+. The van der Waals surface area contributed by atoms with Gasteiger partial charge in [0.05, 0.1) is 5.71 Å². The average Bonchev–Trinajstić information content (AvgIpc) is 3.40. The van der Waals surface area contributed by atoms with Crippen LogP contribution in [0, 0.1) is 13.8 Å². The molecule has 3 aromatic rings. The molecule has 0 bridgehead atoms. The first-order valence-electron chi connectivity index (χ1n) is 10.4. The summed E-state index contributed by atoms with van der Waals surface area (Å²) in [6.45, 7) is 4.37. The van der Waals surface area contributed by atoms with Crippen molar-refractivity contribution in [2.24, 2.45) is 5.10 Å². The van der Waals surface area contributed by atoms with Crippen LogP contribution in [0.15, 0.2) is 51.3 Å². The van der Waals surface area contributed by atoms with Gasteiger partial charge in [0.25, 0.3) is 11.8 Å². The molecular formula is C24H25N3O3S. The maximum Gasteiger partial charge on any atom is 0.287 e. The van der Waals surface area contributed by atoms with Crippen molar-refractivity contribution in [1.29, 1.82) is 0 Å². The number of furan rings is 1. The molecule has 31 heavy (non-hydrogen) atoms. The first-order chi connectivity index (χ1) is 15.0. The maximum absolute atomic E-state index is 12.7. The van der Waals surface area contributed by atoms with E-state index in [1.54, 1.807) is 17.4 Å². The van der Waals surface area contributed by atoms with E-state index in [-0.39, 0.29) is 11.8 Å². The highest BCUT2D eigenvalue weighted by Gasteiger charge is 2.28. The Morgan fingerprint density at radius 2 is 2.00 bits per heavy atom. The number of hydrogen-bond donors (Lipinski definition) is 2. The van der Waals surface area contributed by atoms with Gasteiger partial charge in [0.15, 0.2) is 5.76 Å². The molecule has 1 aliphatic rings. The third-order valence-electron chi connectivity index (χ3n) is 5.34. The van der Waals surface area contributed by atoms with E-state index in [0.29, 0.717) is 17.9 Å². The van der Waals surface area contributed by atoms with Crippen LogP contribution in [0.25, 0.3) is 0 Å². The van der Waals surface area contributed by atoms with Crippen LogP contribution in [0.4, 0.5) is 0 Å². The molecule has 0 radical (unpaired) electrons. The van der Waals surface area contributed by atoms with Crippen molar-refractivity contribution in [3.05, 3.63) is 80.4 Å². The SMILES string of the molecule is Cc1cccc(C(=O)N/N=C2\CCCc3oc(C(=O)NCCc4cccs4)c(C)c32)c1. The number of hydrazone groups is 1. The van der Waals surface area contributed by atoms with Crippen molar-refractivity contribution < 1.29 is 14.0 Å².